The zero-order chi connectivity index (χ0) is 18.7. The van der Waals surface area contributed by atoms with Crippen LogP contribution < -0.4 is 5.32 Å². The van der Waals surface area contributed by atoms with Crippen LogP contribution in [0.5, 0.6) is 0 Å². The molecule has 1 aromatic heterocycles. The van der Waals surface area contributed by atoms with Gasteiger partial charge in [-0.2, -0.15) is 0 Å². The van der Waals surface area contributed by atoms with Crippen molar-refractivity contribution in [1.82, 2.24) is 9.88 Å². The molecule has 2 N–H and O–H groups in total. The number of terminal acetylenes is 1. The average molecular weight is 390 g/mol. The van der Waals surface area contributed by atoms with Crippen molar-refractivity contribution in [3.63, 3.8) is 0 Å². The van der Waals surface area contributed by atoms with E-state index in [-0.39, 0.29) is 12.1 Å². The van der Waals surface area contributed by atoms with Crippen LogP contribution in [0.2, 0.25) is 5.02 Å². The number of carbonyl (C=O) groups is 1. The number of nitrogens with one attached hydrogen (secondary N) is 1. The summed E-state index contributed by atoms with van der Waals surface area (Å²) in [6.07, 6.45) is 6.69. The second kappa shape index (κ2) is 7.67. The van der Waals surface area contributed by atoms with Gasteiger partial charge in [-0.25, -0.2) is 9.78 Å². The van der Waals surface area contributed by atoms with E-state index in [1.807, 2.05) is 24.4 Å². The van der Waals surface area contributed by atoms with Crippen molar-refractivity contribution in [1.29, 1.82) is 0 Å². The Morgan fingerprint density at radius 3 is 2.69 bits per heavy atom. The number of aliphatic hydroxyl groups excluding tert-OH is 1. The third-order valence-electron chi connectivity index (χ3n) is 4.69. The molecule has 2 aromatic rings. The lowest BCUT2D eigenvalue weighted by molar-refractivity contribution is 0.0972. The SMILES string of the molecule is C#CC(C)(c1ccc(Cl)cc1)c1csc(NC(=O)N2CCC(O)CC2)n1. The predicted octanol–water partition coefficient (Wildman–Crippen LogP) is 3.72. The van der Waals surface area contributed by atoms with E-state index >= 15 is 0 Å². The molecule has 0 aliphatic carbocycles. The predicted molar refractivity (Wildman–Crippen MR) is 105 cm³/mol. The number of anilines is 1. The number of hydrogen-bond donors (Lipinski definition) is 2. The Morgan fingerprint density at radius 2 is 2.08 bits per heavy atom. The minimum Gasteiger partial charge on any atom is -0.393 e. The maximum atomic E-state index is 12.4. The van der Waals surface area contributed by atoms with E-state index in [0.29, 0.717) is 41.8 Å². The van der Waals surface area contributed by atoms with Crippen LogP contribution in [-0.2, 0) is 5.41 Å². The van der Waals surface area contributed by atoms with Crippen molar-refractivity contribution in [2.24, 2.45) is 0 Å². The number of likely N-dealkylation sites (tertiary alicyclic amines) is 1. The molecule has 1 unspecified atom stereocenters. The van der Waals surface area contributed by atoms with Crippen molar-refractivity contribution in [2.75, 3.05) is 18.4 Å². The molecule has 26 heavy (non-hydrogen) atoms. The first kappa shape index (κ1) is 18.7. The number of aromatic nitrogens is 1. The second-order valence-electron chi connectivity index (χ2n) is 6.46. The summed E-state index contributed by atoms with van der Waals surface area (Å²) in [7, 11) is 0. The maximum absolute atomic E-state index is 12.4. The fraction of sp³-hybridized carbons (Fsp3) is 0.368. The topological polar surface area (TPSA) is 65.5 Å². The standard InChI is InChI=1S/C19H20ClN3O2S/c1-3-19(2,13-4-6-14(20)7-5-13)16-12-26-17(21-16)22-18(25)23-10-8-15(24)9-11-23/h1,4-7,12,15,24H,8-11H2,2H3,(H,21,22,25). The quantitative estimate of drug-likeness (QED) is 0.786. The van der Waals surface area contributed by atoms with E-state index in [2.05, 4.69) is 16.2 Å². The number of benzene rings is 1. The highest BCUT2D eigenvalue weighted by atomic mass is 35.5. The minimum atomic E-state index is -0.709. The van der Waals surface area contributed by atoms with Gasteiger partial charge in [0.15, 0.2) is 5.13 Å². The number of urea groups is 1. The van der Waals surface area contributed by atoms with Crippen LogP contribution in [0.25, 0.3) is 0 Å². The lowest BCUT2D eigenvalue weighted by Crippen LogP contribution is -2.42. The third kappa shape index (κ3) is 3.85. The molecule has 1 aliphatic rings. The first-order valence-corrected chi connectivity index (χ1v) is 9.62. The molecule has 0 bridgehead atoms. The van der Waals surface area contributed by atoms with Crippen molar-refractivity contribution < 1.29 is 9.90 Å². The molecule has 0 spiro atoms. The molecule has 2 amide bonds. The number of nitrogens with zero attached hydrogens (tertiary/aromatic N) is 2. The molecule has 7 heteroatoms. The first-order valence-electron chi connectivity index (χ1n) is 8.36. The monoisotopic (exact) mass is 389 g/mol. The van der Waals surface area contributed by atoms with E-state index in [0.717, 1.165) is 5.56 Å². The Bertz CT molecular complexity index is 822. The molecule has 1 atom stereocenters. The van der Waals surface area contributed by atoms with Gasteiger partial charge in [-0.15, -0.1) is 17.8 Å². The van der Waals surface area contributed by atoms with Gasteiger partial charge >= 0.3 is 6.03 Å². The summed E-state index contributed by atoms with van der Waals surface area (Å²) in [6.45, 7) is 3.00. The minimum absolute atomic E-state index is 0.202. The molecule has 1 saturated heterocycles. The zero-order valence-electron chi connectivity index (χ0n) is 14.4. The number of rotatable bonds is 3. The van der Waals surface area contributed by atoms with Crippen LogP contribution in [-0.4, -0.2) is 40.2 Å². The maximum Gasteiger partial charge on any atom is 0.323 e. The van der Waals surface area contributed by atoms with Gasteiger partial charge in [0.1, 0.15) is 0 Å². The van der Waals surface area contributed by atoms with Crippen LogP contribution in [0.15, 0.2) is 29.6 Å². The Morgan fingerprint density at radius 1 is 1.42 bits per heavy atom. The fourth-order valence-corrected chi connectivity index (χ4v) is 3.82. The third-order valence-corrected chi connectivity index (χ3v) is 5.70. The molecule has 3 rings (SSSR count). The Kier molecular flexibility index (Phi) is 5.52. The van der Waals surface area contributed by atoms with Crippen LogP contribution in [0, 0.1) is 12.3 Å². The van der Waals surface area contributed by atoms with Gasteiger partial charge in [0, 0.05) is 23.5 Å². The van der Waals surface area contributed by atoms with Crippen LogP contribution >= 0.6 is 22.9 Å². The highest BCUT2D eigenvalue weighted by molar-refractivity contribution is 7.14. The number of halogens is 1. The van der Waals surface area contributed by atoms with Gasteiger partial charge in [0.2, 0.25) is 0 Å². The summed E-state index contributed by atoms with van der Waals surface area (Å²) in [5, 5.41) is 15.4. The molecule has 136 valence electrons. The zero-order valence-corrected chi connectivity index (χ0v) is 16.0. The molecular weight excluding hydrogens is 370 g/mol. The van der Waals surface area contributed by atoms with E-state index in [4.69, 9.17) is 18.0 Å². The average Bonchev–Trinajstić information content (AvgIpc) is 3.11. The van der Waals surface area contributed by atoms with Gasteiger partial charge < -0.3 is 10.0 Å². The molecular formula is C19H20ClN3O2S. The van der Waals surface area contributed by atoms with Crippen LogP contribution in [0.4, 0.5) is 9.93 Å². The van der Waals surface area contributed by atoms with Crippen molar-refractivity contribution >= 4 is 34.1 Å². The van der Waals surface area contributed by atoms with Crippen molar-refractivity contribution in [2.45, 2.75) is 31.3 Å². The van der Waals surface area contributed by atoms with E-state index in [1.54, 1.807) is 17.0 Å². The molecule has 1 fully saturated rings. The Hall–Kier alpha value is -2.07. The lowest BCUT2D eigenvalue weighted by Gasteiger charge is -2.29. The van der Waals surface area contributed by atoms with E-state index in [1.165, 1.54) is 11.3 Å². The number of carbonyl (C=O) groups excluding carboxylic acids is 1. The van der Waals surface area contributed by atoms with Crippen molar-refractivity contribution in [3.05, 3.63) is 45.9 Å². The van der Waals surface area contributed by atoms with Gasteiger partial charge in [-0.3, -0.25) is 5.32 Å². The highest BCUT2D eigenvalue weighted by Crippen LogP contribution is 2.34. The Balaban J connectivity index is 1.75. The number of hydrogen-bond acceptors (Lipinski definition) is 4. The normalized spacial score (nSPS) is 17.4. The van der Waals surface area contributed by atoms with Gasteiger partial charge in [0.25, 0.3) is 0 Å². The molecule has 0 saturated carbocycles. The highest BCUT2D eigenvalue weighted by Gasteiger charge is 2.30. The Labute approximate surface area is 162 Å². The molecule has 0 radical (unpaired) electrons. The van der Waals surface area contributed by atoms with Crippen LogP contribution in [0.1, 0.15) is 31.0 Å². The molecule has 5 nitrogen and oxygen atoms in total. The largest absolute Gasteiger partial charge is 0.393 e. The summed E-state index contributed by atoms with van der Waals surface area (Å²) < 4.78 is 0. The summed E-state index contributed by atoms with van der Waals surface area (Å²) in [5.74, 6) is 2.82. The fourth-order valence-electron chi connectivity index (χ4n) is 2.89. The van der Waals surface area contributed by atoms with Gasteiger partial charge in [0.05, 0.1) is 17.2 Å². The summed E-state index contributed by atoms with van der Waals surface area (Å²) >= 11 is 7.30. The number of amides is 2. The number of aliphatic hydroxyl groups is 1. The van der Waals surface area contributed by atoms with Crippen molar-refractivity contribution in [3.8, 4) is 12.3 Å². The van der Waals surface area contributed by atoms with E-state index < -0.39 is 5.41 Å². The van der Waals surface area contributed by atoms with Gasteiger partial charge in [-0.1, -0.05) is 29.7 Å². The molecule has 2 heterocycles. The van der Waals surface area contributed by atoms with Crippen LogP contribution in [0.3, 0.4) is 0 Å². The molecule has 1 aromatic carbocycles. The summed E-state index contributed by atoms with van der Waals surface area (Å²) in [4.78, 5) is 18.6. The van der Waals surface area contributed by atoms with Gasteiger partial charge in [-0.05, 0) is 37.5 Å². The molecule has 1 aliphatic heterocycles. The van der Waals surface area contributed by atoms with E-state index in [9.17, 15) is 9.90 Å². The lowest BCUT2D eigenvalue weighted by atomic mass is 9.81. The summed E-state index contributed by atoms with van der Waals surface area (Å²) in [5.41, 5.74) is 0.911. The summed E-state index contributed by atoms with van der Waals surface area (Å²) in [6, 6.07) is 7.17. The number of piperidine rings is 1. The smallest absolute Gasteiger partial charge is 0.323 e. The number of thiazole rings is 1. The second-order valence-corrected chi connectivity index (χ2v) is 7.76. The first-order chi connectivity index (χ1) is 12.4.